The number of carbonyl (C=O) groups is 2. The van der Waals surface area contributed by atoms with Gasteiger partial charge in [0.15, 0.2) is 12.2 Å². The highest BCUT2D eigenvalue weighted by molar-refractivity contribution is 6.01. The fourth-order valence-electron chi connectivity index (χ4n) is 3.60. The molecular weight excluding hydrogens is 298 g/mol. The summed E-state index contributed by atoms with van der Waals surface area (Å²) in [7, 11) is 3.13. The lowest BCUT2D eigenvalue weighted by Crippen LogP contribution is -2.64. The first-order valence-electron chi connectivity index (χ1n) is 8.23. The molecule has 128 valence electrons. The molecule has 3 rings (SSSR count). The van der Waals surface area contributed by atoms with Crippen LogP contribution in [0.4, 0.5) is 4.79 Å². The molecular formula is C15H25N5O3. The Labute approximate surface area is 136 Å². The van der Waals surface area contributed by atoms with Gasteiger partial charge < -0.3 is 19.8 Å². The number of amides is 3. The molecule has 23 heavy (non-hydrogen) atoms. The Kier molecular flexibility index (Phi) is 4.54. The second-order valence-electron chi connectivity index (χ2n) is 6.63. The molecule has 3 heterocycles. The Bertz CT molecular complexity index is 505. The summed E-state index contributed by atoms with van der Waals surface area (Å²) < 4.78 is 0. The summed E-state index contributed by atoms with van der Waals surface area (Å²) in [5, 5.41) is 10.4. The zero-order valence-electron chi connectivity index (χ0n) is 13.8. The van der Waals surface area contributed by atoms with Crippen LogP contribution >= 0.6 is 0 Å². The first-order chi connectivity index (χ1) is 11.0. The van der Waals surface area contributed by atoms with Gasteiger partial charge in [-0.15, -0.1) is 0 Å². The molecule has 0 aliphatic carbocycles. The lowest BCUT2D eigenvalue weighted by molar-refractivity contribution is -0.136. The topological polar surface area (TPSA) is 79.7 Å². The molecule has 2 saturated heterocycles. The summed E-state index contributed by atoms with van der Waals surface area (Å²) in [6, 6.07) is -0.872. The van der Waals surface area contributed by atoms with Crippen LogP contribution in [0.3, 0.4) is 0 Å². The van der Waals surface area contributed by atoms with E-state index in [-0.39, 0.29) is 11.9 Å². The predicted octanol–water partition coefficient (Wildman–Crippen LogP) is -0.604. The molecule has 0 radical (unpaired) electrons. The van der Waals surface area contributed by atoms with Gasteiger partial charge in [-0.3, -0.25) is 9.69 Å². The zero-order valence-corrected chi connectivity index (χ0v) is 13.8. The van der Waals surface area contributed by atoms with Crippen LogP contribution in [-0.2, 0) is 4.79 Å². The number of aliphatic imine (C=N–C) groups is 1. The number of aliphatic hydroxyl groups is 1. The molecule has 0 spiro atoms. The first kappa shape index (κ1) is 16.2. The minimum absolute atomic E-state index is 0.263. The van der Waals surface area contributed by atoms with Crippen molar-refractivity contribution >= 4 is 18.3 Å². The van der Waals surface area contributed by atoms with Crippen LogP contribution in [0.15, 0.2) is 4.99 Å². The molecule has 3 amide bonds. The number of β-amino-alcohol motifs (C(OH)–C–C–N with tert-alkyl or cyclic N) is 1. The van der Waals surface area contributed by atoms with Crippen LogP contribution in [0, 0.1) is 0 Å². The Balaban J connectivity index is 1.61. The van der Waals surface area contributed by atoms with E-state index in [1.165, 1.54) is 31.2 Å². The average molecular weight is 323 g/mol. The molecule has 0 aromatic heterocycles. The maximum atomic E-state index is 12.4. The van der Waals surface area contributed by atoms with Gasteiger partial charge in [-0.1, -0.05) is 6.42 Å². The van der Waals surface area contributed by atoms with Gasteiger partial charge in [0.2, 0.25) is 0 Å². The Morgan fingerprint density at radius 2 is 1.91 bits per heavy atom. The normalized spacial score (nSPS) is 30.1. The Morgan fingerprint density at radius 1 is 1.22 bits per heavy atom. The SMILES string of the molecule is CN1C(=O)C2C(N=CN2CC(O)CN2CCCCC2)N(C)C1=O. The van der Waals surface area contributed by atoms with Gasteiger partial charge in [-0.05, 0) is 25.9 Å². The summed E-state index contributed by atoms with van der Waals surface area (Å²) in [6.45, 7) is 3.01. The molecule has 2 fully saturated rings. The van der Waals surface area contributed by atoms with Crippen LogP contribution < -0.4 is 0 Å². The molecule has 0 aromatic rings. The molecule has 0 bridgehead atoms. The fourth-order valence-corrected chi connectivity index (χ4v) is 3.60. The second-order valence-corrected chi connectivity index (χ2v) is 6.63. The molecule has 0 aromatic carbocycles. The van der Waals surface area contributed by atoms with E-state index in [9.17, 15) is 14.7 Å². The Morgan fingerprint density at radius 3 is 2.61 bits per heavy atom. The molecule has 0 saturated carbocycles. The van der Waals surface area contributed by atoms with Crippen LogP contribution in [0.25, 0.3) is 0 Å². The zero-order chi connectivity index (χ0) is 16.6. The summed E-state index contributed by atoms with van der Waals surface area (Å²) in [4.78, 5) is 35.3. The summed E-state index contributed by atoms with van der Waals surface area (Å²) in [5.74, 6) is -0.263. The number of nitrogens with zero attached hydrogens (tertiary/aromatic N) is 5. The third-order valence-corrected chi connectivity index (χ3v) is 4.92. The lowest BCUT2D eigenvalue weighted by Gasteiger charge is -2.40. The minimum Gasteiger partial charge on any atom is -0.390 e. The molecule has 3 unspecified atom stereocenters. The largest absolute Gasteiger partial charge is 0.390 e. The van der Waals surface area contributed by atoms with Gasteiger partial charge in [0.05, 0.1) is 12.4 Å². The highest BCUT2D eigenvalue weighted by Crippen LogP contribution is 2.24. The number of likely N-dealkylation sites (tertiary alicyclic amines) is 1. The van der Waals surface area contributed by atoms with E-state index in [4.69, 9.17) is 0 Å². The number of likely N-dealkylation sites (N-methyl/N-ethyl adjacent to an activating group) is 2. The van der Waals surface area contributed by atoms with E-state index in [2.05, 4.69) is 9.89 Å². The maximum Gasteiger partial charge on any atom is 0.328 e. The van der Waals surface area contributed by atoms with Crippen LogP contribution in [0.2, 0.25) is 0 Å². The van der Waals surface area contributed by atoms with Crippen molar-refractivity contribution in [3.63, 3.8) is 0 Å². The van der Waals surface area contributed by atoms with Crippen molar-refractivity contribution in [3.05, 3.63) is 0 Å². The lowest BCUT2D eigenvalue weighted by atomic mass is 10.1. The maximum absolute atomic E-state index is 12.4. The van der Waals surface area contributed by atoms with Gasteiger partial charge in [-0.25, -0.2) is 9.79 Å². The van der Waals surface area contributed by atoms with Gasteiger partial charge in [-0.2, -0.15) is 0 Å². The molecule has 1 N–H and O–H groups in total. The summed E-state index contributed by atoms with van der Waals surface area (Å²) in [5.41, 5.74) is 0. The van der Waals surface area contributed by atoms with Gasteiger partial charge in [0.1, 0.15) is 0 Å². The van der Waals surface area contributed by atoms with E-state index >= 15 is 0 Å². The number of piperidine rings is 1. The van der Waals surface area contributed by atoms with Crippen molar-refractivity contribution in [2.24, 2.45) is 4.99 Å². The van der Waals surface area contributed by atoms with Crippen molar-refractivity contribution in [2.45, 2.75) is 37.6 Å². The van der Waals surface area contributed by atoms with Crippen molar-refractivity contribution in [1.82, 2.24) is 19.6 Å². The summed E-state index contributed by atoms with van der Waals surface area (Å²) in [6.07, 6.45) is 4.18. The summed E-state index contributed by atoms with van der Waals surface area (Å²) >= 11 is 0. The smallest absolute Gasteiger partial charge is 0.328 e. The van der Waals surface area contributed by atoms with Gasteiger partial charge in [0.25, 0.3) is 5.91 Å². The van der Waals surface area contributed by atoms with Crippen LogP contribution in [0.1, 0.15) is 19.3 Å². The van der Waals surface area contributed by atoms with Crippen molar-refractivity contribution in [1.29, 1.82) is 0 Å². The molecule has 3 atom stereocenters. The van der Waals surface area contributed by atoms with E-state index in [0.717, 1.165) is 18.0 Å². The molecule has 8 heteroatoms. The number of fused-ring (bicyclic) bond motifs is 1. The Hall–Kier alpha value is -1.67. The molecule has 8 nitrogen and oxygen atoms in total. The highest BCUT2D eigenvalue weighted by atomic mass is 16.3. The van der Waals surface area contributed by atoms with E-state index in [0.29, 0.717) is 13.1 Å². The van der Waals surface area contributed by atoms with E-state index < -0.39 is 18.3 Å². The molecule has 3 aliphatic rings. The number of rotatable bonds is 4. The van der Waals surface area contributed by atoms with Crippen LogP contribution in [0.5, 0.6) is 0 Å². The fraction of sp³-hybridized carbons (Fsp3) is 0.800. The quantitative estimate of drug-likeness (QED) is 0.747. The van der Waals surface area contributed by atoms with Gasteiger partial charge in [0, 0.05) is 27.2 Å². The van der Waals surface area contributed by atoms with E-state index in [1.54, 1.807) is 18.3 Å². The van der Waals surface area contributed by atoms with Crippen molar-refractivity contribution in [3.8, 4) is 0 Å². The van der Waals surface area contributed by atoms with Crippen molar-refractivity contribution in [2.75, 3.05) is 40.3 Å². The van der Waals surface area contributed by atoms with Gasteiger partial charge >= 0.3 is 6.03 Å². The highest BCUT2D eigenvalue weighted by Gasteiger charge is 2.48. The van der Waals surface area contributed by atoms with Crippen molar-refractivity contribution < 1.29 is 14.7 Å². The van der Waals surface area contributed by atoms with E-state index in [1.807, 2.05) is 0 Å². The third kappa shape index (κ3) is 3.05. The first-order valence-corrected chi connectivity index (χ1v) is 8.23. The minimum atomic E-state index is -0.542. The number of hydrogen-bond acceptors (Lipinski definition) is 6. The third-order valence-electron chi connectivity index (χ3n) is 4.92. The monoisotopic (exact) mass is 323 g/mol. The number of hydrogen-bond donors (Lipinski definition) is 1. The number of carbonyl (C=O) groups excluding carboxylic acids is 2. The number of aliphatic hydroxyl groups excluding tert-OH is 1. The average Bonchev–Trinajstić information content (AvgIpc) is 2.95. The standard InChI is InChI=1S/C15H25N5O3/c1-17-13-12(14(22)18(2)15(17)23)20(10-16-13)9-11(21)8-19-6-4-3-5-7-19/h10-13,21H,3-9H2,1-2H3. The predicted molar refractivity (Wildman–Crippen MR) is 85.0 cm³/mol. The molecule has 3 aliphatic heterocycles. The van der Waals surface area contributed by atoms with Crippen LogP contribution in [-0.4, -0.2) is 102 Å². The second kappa shape index (κ2) is 6.45. The number of imide groups is 1. The number of urea groups is 1.